The molecule has 2 unspecified atom stereocenters. The van der Waals surface area contributed by atoms with Crippen LogP contribution in [0.1, 0.15) is 17.2 Å². The van der Waals surface area contributed by atoms with E-state index in [0.29, 0.717) is 0 Å². The smallest absolute Gasteiger partial charge is 0.184 e. The van der Waals surface area contributed by atoms with Gasteiger partial charge < -0.3 is 19.9 Å². The van der Waals surface area contributed by atoms with Crippen molar-refractivity contribution in [2.75, 3.05) is 14.2 Å². The number of aliphatic hydroxyl groups excluding tert-OH is 1. The Morgan fingerprint density at radius 1 is 1.31 bits per heavy atom. The number of hydrogen-bond acceptors (Lipinski definition) is 4. The van der Waals surface area contributed by atoms with Crippen LogP contribution in [0.25, 0.3) is 0 Å². The van der Waals surface area contributed by atoms with Crippen LogP contribution in [-0.4, -0.2) is 31.7 Å². The summed E-state index contributed by atoms with van der Waals surface area (Å²) in [6, 6.07) is 7.93. The highest BCUT2D eigenvalue weighted by Crippen LogP contribution is 2.29. The maximum atomic E-state index is 10.1. The van der Waals surface area contributed by atoms with Gasteiger partial charge in [0.05, 0.1) is 6.04 Å². The fourth-order valence-electron chi connectivity index (χ4n) is 2.17. The van der Waals surface area contributed by atoms with Crippen LogP contribution < -0.4 is 5.32 Å². The van der Waals surface area contributed by atoms with Gasteiger partial charge in [0.25, 0.3) is 0 Å². The van der Waals surface area contributed by atoms with E-state index in [9.17, 15) is 5.11 Å². The molecule has 2 rings (SSSR count). The Hall–Kier alpha value is -0.940. The van der Waals surface area contributed by atoms with E-state index in [4.69, 9.17) is 9.47 Å². The molecule has 1 heterocycles. The van der Waals surface area contributed by atoms with E-state index in [1.807, 2.05) is 18.2 Å². The Balaban J connectivity index is 2.18. The molecule has 0 saturated heterocycles. The summed E-state index contributed by atoms with van der Waals surface area (Å²) >= 11 is 0. The molecule has 0 bridgehead atoms. The minimum Gasteiger partial charge on any atom is -0.386 e. The lowest BCUT2D eigenvalue weighted by molar-refractivity contribution is -0.172. The summed E-state index contributed by atoms with van der Waals surface area (Å²) in [6.45, 7) is 0.776. The molecule has 4 heteroatoms. The van der Waals surface area contributed by atoms with Crippen LogP contribution in [0, 0.1) is 0 Å². The molecule has 0 aliphatic carbocycles. The molecule has 0 fully saturated rings. The molecule has 1 aromatic carbocycles. The topological polar surface area (TPSA) is 50.7 Å². The van der Waals surface area contributed by atoms with Crippen LogP contribution >= 0.6 is 0 Å². The fourth-order valence-corrected chi connectivity index (χ4v) is 2.17. The molecular formula is C12H17NO3. The van der Waals surface area contributed by atoms with Gasteiger partial charge in [-0.25, -0.2) is 0 Å². The van der Waals surface area contributed by atoms with E-state index in [1.165, 1.54) is 19.8 Å². The first-order valence-corrected chi connectivity index (χ1v) is 5.32. The minimum absolute atomic E-state index is 0.124. The number of aliphatic hydroxyl groups is 1. The lowest BCUT2D eigenvalue weighted by Crippen LogP contribution is -2.38. The summed E-state index contributed by atoms with van der Waals surface area (Å²) in [4.78, 5) is 0. The van der Waals surface area contributed by atoms with Gasteiger partial charge in [-0.2, -0.15) is 0 Å². The Bertz CT molecular complexity index is 352. The van der Waals surface area contributed by atoms with Crippen molar-refractivity contribution in [2.24, 2.45) is 0 Å². The minimum atomic E-state index is -0.710. The number of benzene rings is 1. The molecule has 0 amide bonds. The van der Waals surface area contributed by atoms with Gasteiger partial charge in [0.2, 0.25) is 0 Å². The second-order valence-corrected chi connectivity index (χ2v) is 3.89. The Kier molecular flexibility index (Phi) is 3.56. The largest absolute Gasteiger partial charge is 0.386 e. The third-order valence-corrected chi connectivity index (χ3v) is 2.99. The summed E-state index contributed by atoms with van der Waals surface area (Å²) in [5.74, 6) is 0. The number of ether oxygens (including phenoxy) is 2. The molecule has 1 aliphatic rings. The molecule has 0 spiro atoms. The van der Waals surface area contributed by atoms with Crippen molar-refractivity contribution in [2.45, 2.75) is 25.0 Å². The zero-order valence-electron chi connectivity index (χ0n) is 9.51. The monoisotopic (exact) mass is 223 g/mol. The Morgan fingerprint density at radius 2 is 2.00 bits per heavy atom. The molecule has 1 aromatic rings. The molecular weight excluding hydrogens is 206 g/mol. The predicted octanol–water partition coefficient (Wildman–Crippen LogP) is 0.811. The van der Waals surface area contributed by atoms with Crippen LogP contribution in [0.4, 0.5) is 0 Å². The van der Waals surface area contributed by atoms with Crippen molar-refractivity contribution in [3.63, 3.8) is 0 Å². The molecule has 0 radical (unpaired) electrons. The lowest BCUT2D eigenvalue weighted by atomic mass is 10.0. The van der Waals surface area contributed by atoms with Gasteiger partial charge in [-0.15, -0.1) is 0 Å². The first kappa shape index (κ1) is 11.5. The van der Waals surface area contributed by atoms with E-state index in [0.717, 1.165) is 12.1 Å². The predicted molar refractivity (Wildman–Crippen MR) is 59.8 cm³/mol. The summed E-state index contributed by atoms with van der Waals surface area (Å²) in [5.41, 5.74) is 2.34. The summed E-state index contributed by atoms with van der Waals surface area (Å²) in [6.07, 6.45) is -1.32. The molecule has 1 aliphatic heterocycles. The van der Waals surface area contributed by atoms with Crippen molar-refractivity contribution in [3.05, 3.63) is 35.4 Å². The van der Waals surface area contributed by atoms with Crippen molar-refractivity contribution in [1.82, 2.24) is 5.32 Å². The quantitative estimate of drug-likeness (QED) is 0.742. The molecule has 0 aromatic heterocycles. The van der Waals surface area contributed by atoms with Gasteiger partial charge in [0.1, 0.15) is 6.10 Å². The first-order valence-electron chi connectivity index (χ1n) is 5.32. The highest BCUT2D eigenvalue weighted by atomic mass is 16.7. The maximum absolute atomic E-state index is 10.1. The standard InChI is InChI=1S/C12H17NO3/c1-15-12(16-2)11(14)10-9-6-4-3-5-8(9)7-13-10/h3-6,10-14H,7H2,1-2H3. The van der Waals surface area contributed by atoms with E-state index in [1.54, 1.807) is 0 Å². The second kappa shape index (κ2) is 4.93. The molecule has 4 nitrogen and oxygen atoms in total. The SMILES string of the molecule is COC(OC)C(O)C1NCc2ccccc21. The van der Waals surface area contributed by atoms with Gasteiger partial charge in [-0.05, 0) is 11.1 Å². The van der Waals surface area contributed by atoms with E-state index in [2.05, 4.69) is 11.4 Å². The first-order chi connectivity index (χ1) is 7.77. The van der Waals surface area contributed by atoms with Gasteiger partial charge in [0, 0.05) is 20.8 Å². The summed E-state index contributed by atoms with van der Waals surface area (Å²) in [5, 5.41) is 13.4. The average molecular weight is 223 g/mol. The van der Waals surface area contributed by atoms with Gasteiger partial charge >= 0.3 is 0 Å². The number of methoxy groups -OCH3 is 2. The zero-order chi connectivity index (χ0) is 11.5. The van der Waals surface area contributed by atoms with Gasteiger partial charge in [-0.1, -0.05) is 24.3 Å². The number of nitrogens with one attached hydrogen (secondary N) is 1. The van der Waals surface area contributed by atoms with Crippen LogP contribution in [0.3, 0.4) is 0 Å². The van der Waals surface area contributed by atoms with Crippen molar-refractivity contribution in [1.29, 1.82) is 0 Å². The van der Waals surface area contributed by atoms with Gasteiger partial charge in [-0.3, -0.25) is 0 Å². The Morgan fingerprint density at radius 3 is 2.69 bits per heavy atom. The fraction of sp³-hybridized carbons (Fsp3) is 0.500. The van der Waals surface area contributed by atoms with Gasteiger partial charge in [0.15, 0.2) is 6.29 Å². The molecule has 2 atom stereocenters. The van der Waals surface area contributed by atoms with Crippen LogP contribution in [-0.2, 0) is 16.0 Å². The zero-order valence-corrected chi connectivity index (χ0v) is 9.51. The summed E-state index contributed by atoms with van der Waals surface area (Å²) in [7, 11) is 3.05. The molecule has 88 valence electrons. The second-order valence-electron chi connectivity index (χ2n) is 3.89. The van der Waals surface area contributed by atoms with Crippen LogP contribution in [0.2, 0.25) is 0 Å². The average Bonchev–Trinajstić information content (AvgIpc) is 2.74. The maximum Gasteiger partial charge on any atom is 0.184 e. The Labute approximate surface area is 95.2 Å². The van der Waals surface area contributed by atoms with E-state index < -0.39 is 12.4 Å². The van der Waals surface area contributed by atoms with Crippen LogP contribution in [0.5, 0.6) is 0 Å². The van der Waals surface area contributed by atoms with Crippen molar-refractivity contribution in [3.8, 4) is 0 Å². The molecule has 16 heavy (non-hydrogen) atoms. The lowest BCUT2D eigenvalue weighted by Gasteiger charge is -2.25. The molecule has 0 saturated carbocycles. The van der Waals surface area contributed by atoms with E-state index >= 15 is 0 Å². The third-order valence-electron chi connectivity index (χ3n) is 2.99. The molecule has 2 N–H and O–H groups in total. The normalized spacial score (nSPS) is 21.1. The highest BCUT2D eigenvalue weighted by Gasteiger charge is 2.33. The summed E-state index contributed by atoms with van der Waals surface area (Å²) < 4.78 is 10.2. The third kappa shape index (κ3) is 1.97. The van der Waals surface area contributed by atoms with Crippen molar-refractivity contribution >= 4 is 0 Å². The number of fused-ring (bicyclic) bond motifs is 1. The number of hydrogen-bond donors (Lipinski definition) is 2. The highest BCUT2D eigenvalue weighted by molar-refractivity contribution is 5.34. The van der Waals surface area contributed by atoms with Crippen LogP contribution in [0.15, 0.2) is 24.3 Å². The number of rotatable bonds is 4. The van der Waals surface area contributed by atoms with E-state index in [-0.39, 0.29) is 6.04 Å². The van der Waals surface area contributed by atoms with Crippen molar-refractivity contribution < 1.29 is 14.6 Å².